The zero-order chi connectivity index (χ0) is 49.0. The largest absolute Gasteiger partial charge is 0.464 e. The molecule has 8 atom stereocenters. The van der Waals surface area contributed by atoms with Crippen LogP contribution >= 0.6 is 0 Å². The second-order valence-electron chi connectivity index (χ2n) is 22.3. The molecule has 1 N–H and O–H groups in total. The average molecular weight is 935 g/mol. The van der Waals surface area contributed by atoms with Crippen molar-refractivity contribution in [2.75, 3.05) is 40.0 Å². The van der Waals surface area contributed by atoms with Crippen LogP contribution in [0.5, 0.6) is 0 Å². The Balaban J connectivity index is 0.000000366. The summed E-state index contributed by atoms with van der Waals surface area (Å²) in [6.07, 6.45) is 55.1. The zero-order valence-corrected chi connectivity index (χ0v) is 45.6. The van der Waals surface area contributed by atoms with Crippen LogP contribution in [0.2, 0.25) is 0 Å². The Kier molecular flexibility index (Phi) is 34.5. The Morgan fingerprint density at radius 2 is 1.40 bits per heavy atom. The van der Waals surface area contributed by atoms with Gasteiger partial charge in [-0.2, -0.15) is 0 Å². The van der Waals surface area contributed by atoms with Gasteiger partial charge in [-0.05, 0) is 188 Å². The van der Waals surface area contributed by atoms with Crippen LogP contribution in [-0.4, -0.2) is 62.5 Å². The maximum Gasteiger partial charge on any atom is 0.293 e. The summed E-state index contributed by atoms with van der Waals surface area (Å²) in [5.41, 5.74) is 2.54. The summed E-state index contributed by atoms with van der Waals surface area (Å²) in [6.45, 7) is 26.1. The number of hydrogen-bond acceptors (Lipinski definition) is 5. The lowest BCUT2D eigenvalue weighted by molar-refractivity contribution is -0.136. The van der Waals surface area contributed by atoms with E-state index in [-0.39, 0.29) is 6.10 Å². The quantitative estimate of drug-likeness (QED) is 0.0396. The third-order valence-electron chi connectivity index (χ3n) is 16.9. The van der Waals surface area contributed by atoms with Crippen LogP contribution in [0.4, 0.5) is 0 Å². The van der Waals surface area contributed by atoms with E-state index in [4.69, 9.17) is 14.6 Å². The molecule has 3 fully saturated rings. The number of nitrogens with zero attached hydrogens (tertiary/aromatic N) is 1. The highest BCUT2D eigenvalue weighted by Gasteiger charge is 2.59. The van der Waals surface area contributed by atoms with Crippen LogP contribution in [0.1, 0.15) is 235 Å². The van der Waals surface area contributed by atoms with Crippen LogP contribution in [0.3, 0.4) is 0 Å². The molecule has 67 heavy (non-hydrogen) atoms. The van der Waals surface area contributed by atoms with Crippen molar-refractivity contribution in [1.29, 1.82) is 0 Å². The summed E-state index contributed by atoms with van der Waals surface area (Å²) in [5.74, 6) is 5.32. The number of fused-ring (bicyclic) bond motifs is 5. The summed E-state index contributed by atoms with van der Waals surface area (Å²) in [4.78, 5) is 13.4. The van der Waals surface area contributed by atoms with Crippen molar-refractivity contribution < 1.29 is 19.4 Å². The zero-order valence-electron chi connectivity index (χ0n) is 45.6. The van der Waals surface area contributed by atoms with Crippen molar-refractivity contribution in [1.82, 2.24) is 4.90 Å². The van der Waals surface area contributed by atoms with Gasteiger partial charge in [0, 0.05) is 26.7 Å². The topological polar surface area (TPSA) is 59.0 Å². The second kappa shape index (κ2) is 37.8. The van der Waals surface area contributed by atoms with Crippen molar-refractivity contribution in [3.63, 3.8) is 0 Å². The van der Waals surface area contributed by atoms with Crippen molar-refractivity contribution in [2.24, 2.45) is 46.3 Å². The highest BCUT2D eigenvalue weighted by atomic mass is 16.5. The van der Waals surface area contributed by atoms with Gasteiger partial charge in [0.2, 0.25) is 0 Å². The van der Waals surface area contributed by atoms with Gasteiger partial charge in [0.1, 0.15) is 6.10 Å². The predicted molar refractivity (Wildman–Crippen MR) is 291 cm³/mol. The van der Waals surface area contributed by atoms with Crippen LogP contribution in [0.15, 0.2) is 60.8 Å². The molecule has 0 aromatic rings. The fourth-order valence-electron chi connectivity index (χ4n) is 12.9. The number of aliphatic hydroxyl groups is 1. The van der Waals surface area contributed by atoms with Crippen molar-refractivity contribution in [2.45, 2.75) is 241 Å². The Morgan fingerprint density at radius 1 is 0.746 bits per heavy atom. The van der Waals surface area contributed by atoms with Gasteiger partial charge in [0.05, 0.1) is 0 Å². The molecular weight excluding hydrogens is 823 g/mol. The van der Waals surface area contributed by atoms with Gasteiger partial charge in [-0.1, -0.05) is 160 Å². The molecule has 4 aliphatic carbocycles. The van der Waals surface area contributed by atoms with Crippen LogP contribution < -0.4 is 0 Å². The predicted octanol–water partition coefficient (Wildman–Crippen LogP) is 17.4. The Hall–Kier alpha value is -1.95. The van der Waals surface area contributed by atoms with Crippen molar-refractivity contribution in [3.05, 3.63) is 60.8 Å². The Labute approximate surface area is 416 Å². The molecule has 0 aliphatic heterocycles. The Bertz CT molecular complexity index is 1340. The number of carbonyl (C=O) groups excluding carboxylic acids is 1. The molecule has 0 spiro atoms. The second-order valence-corrected chi connectivity index (χ2v) is 22.3. The summed E-state index contributed by atoms with van der Waals surface area (Å²) in [7, 11) is 1.77. The molecule has 0 aromatic carbocycles. The minimum atomic E-state index is 0.120. The van der Waals surface area contributed by atoms with E-state index in [9.17, 15) is 4.79 Å². The summed E-state index contributed by atoms with van der Waals surface area (Å²) in [6, 6.07) is 0. The molecule has 4 rings (SSSR count). The highest BCUT2D eigenvalue weighted by Crippen LogP contribution is 2.67. The number of ether oxygens (including phenoxy) is 2. The summed E-state index contributed by atoms with van der Waals surface area (Å²) in [5, 5.41) is 8.84. The number of hydrogen-bond donors (Lipinski definition) is 1. The molecule has 3 saturated carbocycles. The van der Waals surface area contributed by atoms with Crippen LogP contribution in [0.25, 0.3) is 0 Å². The summed E-state index contributed by atoms with van der Waals surface area (Å²) >= 11 is 0. The van der Waals surface area contributed by atoms with Gasteiger partial charge in [0.25, 0.3) is 6.47 Å². The lowest BCUT2D eigenvalue weighted by Gasteiger charge is -2.58. The molecule has 0 saturated heterocycles. The first-order chi connectivity index (χ1) is 32.6. The summed E-state index contributed by atoms with van der Waals surface area (Å²) < 4.78 is 10.4. The van der Waals surface area contributed by atoms with Gasteiger partial charge in [-0.15, -0.1) is 6.58 Å². The molecular formula is C62H111NO4. The minimum Gasteiger partial charge on any atom is -0.464 e. The standard InChI is InChI=1S/C28H46O2.C19H32.C15H33NO2/c1-19(2)7-6-8-20(3)24-11-12-25-23-10-9-21-17-22(30-18-29)13-15-27(21,4)26(23)14-16-28(24,25)5;1-3-5-7-9-11-13-15-17-19-18-16-14-12-10-8-6-4-2;1-3-4-5-6-11-16(12-7-9-14-17)13-8-10-15-18-2/h9,18-20,22-26H,6-8,10-17H2,1-5H3;3,6,8,12,14,18-19H,1,4-5,7,9-11,13,15-17H2,2H3;17H,3-15H2,1-2H3/b;8-6-,14-12-,19-18-;. The van der Waals surface area contributed by atoms with E-state index in [2.05, 4.69) is 102 Å². The third-order valence-corrected chi connectivity index (χ3v) is 16.9. The van der Waals surface area contributed by atoms with Crippen molar-refractivity contribution >= 4 is 6.47 Å². The van der Waals surface area contributed by atoms with Gasteiger partial charge < -0.3 is 19.5 Å². The smallest absolute Gasteiger partial charge is 0.293 e. The molecule has 0 aromatic heterocycles. The molecule has 0 radical (unpaired) electrons. The SMILES string of the molecule is C=CCCCCCCC/C=C\C/C=C\C/C=C\CC.CC(C)CCCC(C)C1CCC2C3CC=C4CC(OC=O)CCC4(C)C3CCC12C.CCCCCCN(CCCCO)CCCCOC. The number of unbranched alkanes of at least 4 members (excludes halogenated alkanes) is 11. The average Bonchev–Trinajstić information content (AvgIpc) is 3.68. The number of allylic oxidation sites excluding steroid dienone is 8. The van der Waals surface area contributed by atoms with E-state index in [0.717, 1.165) is 100 Å². The molecule has 8 unspecified atom stereocenters. The van der Waals surface area contributed by atoms with E-state index < -0.39 is 0 Å². The van der Waals surface area contributed by atoms with E-state index in [1.807, 2.05) is 6.08 Å². The first kappa shape index (κ1) is 61.2. The van der Waals surface area contributed by atoms with Gasteiger partial charge >= 0.3 is 0 Å². The lowest BCUT2D eigenvalue weighted by atomic mass is 9.47. The minimum absolute atomic E-state index is 0.120. The molecule has 5 heteroatoms. The number of carbonyl (C=O) groups is 1. The molecule has 388 valence electrons. The van der Waals surface area contributed by atoms with Crippen LogP contribution in [-0.2, 0) is 14.3 Å². The number of rotatable bonds is 34. The molecule has 4 aliphatic rings. The van der Waals surface area contributed by atoms with E-state index in [1.54, 1.807) is 12.7 Å². The monoisotopic (exact) mass is 934 g/mol. The normalized spacial score (nSPS) is 26.1. The molecule has 5 nitrogen and oxygen atoms in total. The first-order valence-electron chi connectivity index (χ1n) is 28.7. The maximum absolute atomic E-state index is 10.8. The van der Waals surface area contributed by atoms with E-state index >= 15 is 0 Å². The fraction of sp³-hybridized carbons (Fsp3) is 0.823. The van der Waals surface area contributed by atoms with E-state index in [1.165, 1.54) is 148 Å². The molecule has 0 bridgehead atoms. The number of aliphatic hydroxyl groups excluding tert-OH is 1. The Morgan fingerprint density at radius 3 is 2.06 bits per heavy atom. The number of methoxy groups -OCH3 is 1. The highest BCUT2D eigenvalue weighted by molar-refractivity contribution is 5.38. The van der Waals surface area contributed by atoms with Crippen molar-refractivity contribution in [3.8, 4) is 0 Å². The van der Waals surface area contributed by atoms with Gasteiger partial charge in [-0.3, -0.25) is 4.79 Å². The molecule has 0 heterocycles. The maximum atomic E-state index is 10.8. The van der Waals surface area contributed by atoms with Gasteiger partial charge in [-0.25, -0.2) is 0 Å². The lowest BCUT2D eigenvalue weighted by Crippen LogP contribution is -2.51. The fourth-order valence-corrected chi connectivity index (χ4v) is 12.9. The van der Waals surface area contributed by atoms with E-state index in [0.29, 0.717) is 23.9 Å². The third kappa shape index (κ3) is 23.7. The molecule has 0 amide bonds. The first-order valence-corrected chi connectivity index (χ1v) is 28.7. The van der Waals surface area contributed by atoms with Gasteiger partial charge in [0.15, 0.2) is 0 Å². The van der Waals surface area contributed by atoms with Crippen LogP contribution in [0, 0.1) is 46.3 Å².